The molecule has 3 fully saturated rings. The van der Waals surface area contributed by atoms with Gasteiger partial charge >= 0.3 is 29.8 Å². The van der Waals surface area contributed by atoms with E-state index < -0.39 is 93.5 Å². The molecule has 0 spiro atoms. The van der Waals surface area contributed by atoms with E-state index in [0.717, 1.165) is 21.0 Å². The zero-order chi connectivity index (χ0) is 35.6. The molecular formula is C36H44O12. The van der Waals surface area contributed by atoms with E-state index in [1.807, 2.05) is 6.92 Å². The van der Waals surface area contributed by atoms with Crippen molar-refractivity contribution >= 4 is 35.6 Å². The molecule has 2 heterocycles. The van der Waals surface area contributed by atoms with Gasteiger partial charge in [-0.2, -0.15) is 0 Å². The van der Waals surface area contributed by atoms with Crippen LogP contribution >= 0.6 is 0 Å². The Labute approximate surface area is 279 Å². The van der Waals surface area contributed by atoms with Crippen LogP contribution in [-0.4, -0.2) is 60.5 Å². The average molecular weight is 669 g/mol. The number of hydrogen-bond acceptors (Lipinski definition) is 12. The van der Waals surface area contributed by atoms with E-state index in [2.05, 4.69) is 0 Å². The second-order valence-electron chi connectivity index (χ2n) is 14.5. The van der Waals surface area contributed by atoms with E-state index in [0.29, 0.717) is 24.0 Å². The lowest BCUT2D eigenvalue weighted by Crippen LogP contribution is -2.77. The van der Waals surface area contributed by atoms with Gasteiger partial charge in [-0.25, -0.2) is 9.59 Å². The zero-order valence-electron chi connectivity index (χ0n) is 28.9. The van der Waals surface area contributed by atoms with Gasteiger partial charge in [0.05, 0.1) is 26.1 Å². The van der Waals surface area contributed by atoms with E-state index in [1.54, 1.807) is 52.8 Å². The molecule has 48 heavy (non-hydrogen) atoms. The third-order valence-corrected chi connectivity index (χ3v) is 11.4. The monoisotopic (exact) mass is 668 g/mol. The highest BCUT2D eigenvalue weighted by atomic mass is 16.6. The van der Waals surface area contributed by atoms with Crippen LogP contribution in [0.1, 0.15) is 86.3 Å². The van der Waals surface area contributed by atoms with Gasteiger partial charge in [0.2, 0.25) is 11.7 Å². The molecule has 5 rings (SSSR count). The summed E-state index contributed by atoms with van der Waals surface area (Å²) in [7, 11) is 1.15. The van der Waals surface area contributed by atoms with Crippen LogP contribution < -0.4 is 0 Å². The minimum absolute atomic E-state index is 0.0336. The van der Waals surface area contributed by atoms with Crippen LogP contribution in [0, 0.1) is 34.0 Å². The van der Waals surface area contributed by atoms with E-state index in [-0.39, 0.29) is 12.0 Å². The van der Waals surface area contributed by atoms with E-state index in [9.17, 15) is 24.0 Å². The third-order valence-electron chi connectivity index (χ3n) is 11.4. The van der Waals surface area contributed by atoms with Crippen LogP contribution in [0.15, 0.2) is 46.3 Å². The topological polar surface area (TPSA) is 162 Å². The molecule has 0 aromatic carbocycles. The average Bonchev–Trinajstić information content (AvgIpc) is 3.55. The molecule has 1 aromatic rings. The number of hydrogen-bond donors (Lipinski definition) is 0. The number of ketones is 1. The molecule has 9 atom stereocenters. The van der Waals surface area contributed by atoms with Crippen LogP contribution in [0.4, 0.5) is 0 Å². The minimum atomic E-state index is -2.16. The fraction of sp³-hybridized carbons (Fsp3) is 0.611. The molecule has 4 aliphatic rings. The lowest BCUT2D eigenvalue weighted by molar-refractivity contribution is -0.243. The zero-order valence-corrected chi connectivity index (χ0v) is 28.9. The maximum absolute atomic E-state index is 15.3. The van der Waals surface area contributed by atoms with Crippen molar-refractivity contribution in [2.45, 2.75) is 98.6 Å². The third kappa shape index (κ3) is 5.09. The Morgan fingerprint density at radius 3 is 2.27 bits per heavy atom. The summed E-state index contributed by atoms with van der Waals surface area (Å²) in [4.78, 5) is 81.2. The fourth-order valence-corrected chi connectivity index (χ4v) is 9.40. The first-order valence-electron chi connectivity index (χ1n) is 16.2. The smallest absolute Gasteiger partial charge is 0.347 e. The number of carbonyl (C=O) groups is 6. The number of allylic oxidation sites excluding steroid dienone is 2. The highest BCUT2D eigenvalue weighted by molar-refractivity contribution is 6.01. The molecule has 1 saturated heterocycles. The van der Waals surface area contributed by atoms with Gasteiger partial charge in [-0.15, -0.1) is 0 Å². The number of fused-ring (bicyclic) bond motifs is 6. The van der Waals surface area contributed by atoms with Gasteiger partial charge < -0.3 is 28.1 Å². The lowest BCUT2D eigenvalue weighted by Gasteiger charge is -2.66. The minimum Gasteiger partial charge on any atom is -0.472 e. The molecule has 260 valence electrons. The number of Topliss-reactive ketones (excluding diaryl/α,β-unsaturated/α-hetero) is 1. The van der Waals surface area contributed by atoms with Crippen molar-refractivity contribution in [3.8, 4) is 0 Å². The predicted octanol–water partition coefficient (Wildman–Crippen LogP) is 4.76. The molecule has 12 heteroatoms. The molecule has 0 N–H and O–H groups in total. The van der Waals surface area contributed by atoms with Crippen molar-refractivity contribution in [1.29, 1.82) is 0 Å². The molecule has 1 aliphatic heterocycles. The van der Waals surface area contributed by atoms with Crippen LogP contribution in [-0.2, 0) is 52.5 Å². The Morgan fingerprint density at radius 2 is 1.71 bits per heavy atom. The first kappa shape index (κ1) is 35.1. The van der Waals surface area contributed by atoms with Gasteiger partial charge in [0.25, 0.3) is 0 Å². The van der Waals surface area contributed by atoms with Gasteiger partial charge in [-0.05, 0) is 50.7 Å². The number of rotatable bonds is 7. The number of carbonyl (C=O) groups excluding carboxylic acids is 6. The summed E-state index contributed by atoms with van der Waals surface area (Å²) in [5.74, 6) is -6.57. The summed E-state index contributed by atoms with van der Waals surface area (Å²) in [5.41, 5.74) is -4.19. The molecule has 0 radical (unpaired) electrons. The van der Waals surface area contributed by atoms with Crippen LogP contribution in [0.3, 0.4) is 0 Å². The molecule has 0 amide bonds. The maximum Gasteiger partial charge on any atom is 0.347 e. The van der Waals surface area contributed by atoms with Gasteiger partial charge in [0.1, 0.15) is 6.10 Å². The predicted molar refractivity (Wildman–Crippen MR) is 166 cm³/mol. The van der Waals surface area contributed by atoms with Crippen molar-refractivity contribution in [1.82, 2.24) is 0 Å². The first-order chi connectivity index (χ1) is 22.4. The number of furan rings is 1. The summed E-state index contributed by atoms with van der Waals surface area (Å²) in [6, 6.07) is 1.74. The molecule has 1 aromatic heterocycles. The Hall–Kier alpha value is -4.22. The summed E-state index contributed by atoms with van der Waals surface area (Å²) in [6.45, 7) is 12.6. The van der Waals surface area contributed by atoms with Crippen LogP contribution in [0.5, 0.6) is 0 Å². The van der Waals surface area contributed by atoms with Crippen LogP contribution in [0.2, 0.25) is 0 Å². The first-order valence-corrected chi connectivity index (χ1v) is 16.2. The highest BCUT2D eigenvalue weighted by Gasteiger charge is 2.77. The van der Waals surface area contributed by atoms with Crippen molar-refractivity contribution in [3.05, 3.63) is 47.5 Å². The number of ether oxygens (including phenoxy) is 5. The quantitative estimate of drug-likeness (QED) is 0.170. The number of methoxy groups -OCH3 is 1. The SMILES string of the molecule is CC=C(C)C(=O)O[C@H]1C(C)(C)[C@H]([C@@H](OC(C)=O)C(=O)OC)[C@]2(C)C(=O)[C@@]1(OC(C)=O)C=C1[C@@H]3CC(=O)O[C@@H](c4ccoc4)[C@]3(C)CC[C@@H]12. The van der Waals surface area contributed by atoms with Crippen molar-refractivity contribution in [3.63, 3.8) is 0 Å². The second kappa shape index (κ2) is 12.0. The number of esters is 5. The lowest BCUT2D eigenvalue weighted by atomic mass is 9.39. The summed E-state index contributed by atoms with van der Waals surface area (Å²) < 4.78 is 34.3. The van der Waals surface area contributed by atoms with Gasteiger partial charge in [0, 0.05) is 47.1 Å². The molecule has 2 bridgehead atoms. The van der Waals surface area contributed by atoms with E-state index in [1.165, 1.54) is 12.5 Å². The summed E-state index contributed by atoms with van der Waals surface area (Å²) in [5, 5.41) is 0. The van der Waals surface area contributed by atoms with Crippen molar-refractivity contribution < 1.29 is 56.9 Å². The standard InChI is InChI=1S/C36H44O12/c1-10-18(2)29(40)47-32-33(5,6)27(26(30(41)43-9)45-19(3)37)35(8)23-11-13-34(7)24(15-25(39)46-28(34)21-12-14-44-17-21)22(23)16-36(32,31(35)42)48-20(4)38/h10,12,14,16-17,23-24,26-28,32H,11,13,15H2,1-9H3/t23-,24-,26+,27-,28-,32-,34+,35+,36-/m0/s1. The van der Waals surface area contributed by atoms with Gasteiger partial charge in [0.15, 0.2) is 11.9 Å². The second-order valence-corrected chi connectivity index (χ2v) is 14.5. The molecule has 0 unspecified atom stereocenters. The normalized spacial score (nSPS) is 35.9. The summed E-state index contributed by atoms with van der Waals surface area (Å²) >= 11 is 0. The summed E-state index contributed by atoms with van der Waals surface area (Å²) in [6.07, 6.45) is 3.28. The highest BCUT2D eigenvalue weighted by Crippen LogP contribution is 2.69. The molecule has 2 saturated carbocycles. The maximum atomic E-state index is 15.3. The van der Waals surface area contributed by atoms with Crippen molar-refractivity contribution in [2.24, 2.45) is 34.0 Å². The van der Waals surface area contributed by atoms with E-state index >= 15 is 4.79 Å². The fourth-order valence-electron chi connectivity index (χ4n) is 9.40. The largest absolute Gasteiger partial charge is 0.472 e. The molecule has 12 nitrogen and oxygen atoms in total. The Bertz CT molecular complexity index is 1600. The Balaban J connectivity index is 1.84. The Kier molecular flexibility index (Phi) is 8.80. The molecule has 3 aliphatic carbocycles. The van der Waals surface area contributed by atoms with Crippen LogP contribution in [0.25, 0.3) is 0 Å². The van der Waals surface area contributed by atoms with Crippen molar-refractivity contribution in [2.75, 3.05) is 7.11 Å². The van der Waals surface area contributed by atoms with E-state index in [4.69, 9.17) is 28.1 Å². The number of cyclic esters (lactones) is 1. The molecular weight excluding hydrogens is 624 g/mol. The van der Waals surface area contributed by atoms with Gasteiger partial charge in [-0.3, -0.25) is 19.2 Å². The van der Waals surface area contributed by atoms with Gasteiger partial charge in [-0.1, -0.05) is 39.3 Å². The Morgan fingerprint density at radius 1 is 1.02 bits per heavy atom.